The standard InChI is InChI=1S/C19H24N2O3/c1-13(2)24-17-6-4-5-15(11-17)18(22)12-20-19(23)21-16-9-7-14(3)8-10-16/h4-11,13,18,22H,12H2,1-3H3,(H2,20,21,23). The lowest BCUT2D eigenvalue weighted by Gasteiger charge is -2.15. The molecule has 1 unspecified atom stereocenters. The number of aliphatic hydroxyl groups excluding tert-OH is 1. The van der Waals surface area contributed by atoms with Crippen molar-refractivity contribution in [2.45, 2.75) is 33.0 Å². The van der Waals surface area contributed by atoms with Crippen molar-refractivity contribution in [1.82, 2.24) is 5.32 Å². The Morgan fingerprint density at radius 1 is 1.17 bits per heavy atom. The molecule has 1 atom stereocenters. The number of benzene rings is 2. The molecule has 0 fully saturated rings. The molecule has 0 aromatic heterocycles. The smallest absolute Gasteiger partial charge is 0.319 e. The summed E-state index contributed by atoms with van der Waals surface area (Å²) in [5.74, 6) is 0.700. The molecule has 5 heteroatoms. The van der Waals surface area contributed by atoms with Crippen LogP contribution in [0.15, 0.2) is 48.5 Å². The van der Waals surface area contributed by atoms with E-state index in [0.29, 0.717) is 17.0 Å². The Balaban J connectivity index is 1.86. The average Bonchev–Trinajstić information content (AvgIpc) is 2.54. The monoisotopic (exact) mass is 328 g/mol. The van der Waals surface area contributed by atoms with Gasteiger partial charge in [-0.05, 0) is 50.6 Å². The van der Waals surface area contributed by atoms with E-state index in [-0.39, 0.29) is 18.7 Å². The van der Waals surface area contributed by atoms with Gasteiger partial charge in [0, 0.05) is 12.2 Å². The van der Waals surface area contributed by atoms with Crippen LogP contribution in [0.4, 0.5) is 10.5 Å². The summed E-state index contributed by atoms with van der Waals surface area (Å²) in [5, 5.41) is 15.6. The van der Waals surface area contributed by atoms with Crippen molar-refractivity contribution in [3.05, 3.63) is 59.7 Å². The average molecular weight is 328 g/mol. The van der Waals surface area contributed by atoms with Crippen LogP contribution >= 0.6 is 0 Å². The topological polar surface area (TPSA) is 70.6 Å². The molecule has 24 heavy (non-hydrogen) atoms. The number of nitrogens with one attached hydrogen (secondary N) is 2. The van der Waals surface area contributed by atoms with E-state index in [4.69, 9.17) is 4.74 Å². The summed E-state index contributed by atoms with van der Waals surface area (Å²) in [6.45, 7) is 5.99. The Bertz CT molecular complexity index is 669. The van der Waals surface area contributed by atoms with E-state index >= 15 is 0 Å². The van der Waals surface area contributed by atoms with E-state index in [0.717, 1.165) is 5.56 Å². The lowest BCUT2D eigenvalue weighted by molar-refractivity contribution is 0.174. The molecule has 2 amide bonds. The van der Waals surface area contributed by atoms with Crippen molar-refractivity contribution in [2.24, 2.45) is 0 Å². The van der Waals surface area contributed by atoms with Crippen molar-refractivity contribution in [3.8, 4) is 5.75 Å². The number of hydrogen-bond acceptors (Lipinski definition) is 3. The zero-order valence-corrected chi connectivity index (χ0v) is 14.2. The third-order valence-electron chi connectivity index (χ3n) is 3.38. The molecule has 2 rings (SSSR count). The number of ether oxygens (including phenoxy) is 1. The third-order valence-corrected chi connectivity index (χ3v) is 3.38. The SMILES string of the molecule is Cc1ccc(NC(=O)NCC(O)c2cccc(OC(C)C)c2)cc1. The van der Waals surface area contributed by atoms with Crippen molar-refractivity contribution < 1.29 is 14.6 Å². The van der Waals surface area contributed by atoms with Gasteiger partial charge >= 0.3 is 6.03 Å². The van der Waals surface area contributed by atoms with Gasteiger partial charge in [-0.25, -0.2) is 4.79 Å². The number of aliphatic hydroxyl groups is 1. The Labute approximate surface area is 142 Å². The normalized spacial score (nSPS) is 11.9. The summed E-state index contributed by atoms with van der Waals surface area (Å²) >= 11 is 0. The molecule has 5 nitrogen and oxygen atoms in total. The van der Waals surface area contributed by atoms with Crippen LogP contribution in [0.2, 0.25) is 0 Å². The van der Waals surface area contributed by atoms with E-state index in [1.54, 1.807) is 12.1 Å². The van der Waals surface area contributed by atoms with Crippen LogP contribution in [0.25, 0.3) is 0 Å². The Morgan fingerprint density at radius 2 is 1.88 bits per heavy atom. The lowest BCUT2D eigenvalue weighted by atomic mass is 10.1. The first kappa shape index (κ1) is 17.8. The van der Waals surface area contributed by atoms with E-state index in [1.165, 1.54) is 0 Å². The molecule has 3 N–H and O–H groups in total. The first-order valence-corrected chi connectivity index (χ1v) is 8.00. The second-order valence-corrected chi connectivity index (χ2v) is 5.96. The number of carbonyl (C=O) groups is 1. The van der Waals surface area contributed by atoms with Crippen LogP contribution in [-0.2, 0) is 0 Å². The quantitative estimate of drug-likeness (QED) is 0.758. The molecule has 0 aliphatic carbocycles. The van der Waals surface area contributed by atoms with Crippen molar-refractivity contribution >= 4 is 11.7 Å². The van der Waals surface area contributed by atoms with Crippen LogP contribution in [-0.4, -0.2) is 23.8 Å². The van der Waals surface area contributed by atoms with Gasteiger partial charge in [0.25, 0.3) is 0 Å². The highest BCUT2D eigenvalue weighted by atomic mass is 16.5. The molecule has 2 aromatic rings. The van der Waals surface area contributed by atoms with Gasteiger partial charge < -0.3 is 20.5 Å². The molecule has 2 aromatic carbocycles. The van der Waals surface area contributed by atoms with E-state index in [9.17, 15) is 9.90 Å². The van der Waals surface area contributed by atoms with Crippen LogP contribution in [0.1, 0.15) is 31.1 Å². The minimum absolute atomic E-state index is 0.0656. The zero-order valence-electron chi connectivity index (χ0n) is 14.2. The van der Waals surface area contributed by atoms with Crippen molar-refractivity contribution in [3.63, 3.8) is 0 Å². The molecule has 0 spiro atoms. The molecule has 0 saturated heterocycles. The summed E-state index contributed by atoms with van der Waals surface area (Å²) in [6.07, 6.45) is -0.736. The fraction of sp³-hybridized carbons (Fsp3) is 0.316. The Morgan fingerprint density at radius 3 is 2.54 bits per heavy atom. The molecule has 0 aliphatic rings. The van der Waals surface area contributed by atoms with Gasteiger partial charge in [0.1, 0.15) is 5.75 Å². The van der Waals surface area contributed by atoms with Gasteiger partial charge in [-0.15, -0.1) is 0 Å². The van der Waals surface area contributed by atoms with E-state index in [1.807, 2.05) is 57.2 Å². The number of carbonyl (C=O) groups excluding carboxylic acids is 1. The first-order valence-electron chi connectivity index (χ1n) is 8.00. The minimum atomic E-state index is -0.801. The number of urea groups is 1. The second-order valence-electron chi connectivity index (χ2n) is 5.96. The number of amides is 2. The van der Waals surface area contributed by atoms with Crippen molar-refractivity contribution in [1.29, 1.82) is 0 Å². The molecule has 0 bridgehead atoms. The fourth-order valence-corrected chi connectivity index (χ4v) is 2.19. The van der Waals surface area contributed by atoms with Gasteiger partial charge in [-0.1, -0.05) is 29.8 Å². The van der Waals surface area contributed by atoms with Crippen LogP contribution in [0.3, 0.4) is 0 Å². The highest BCUT2D eigenvalue weighted by Crippen LogP contribution is 2.20. The van der Waals surface area contributed by atoms with Crippen LogP contribution in [0, 0.1) is 6.92 Å². The number of hydrogen-bond donors (Lipinski definition) is 3. The molecule has 128 valence electrons. The van der Waals surface area contributed by atoms with Gasteiger partial charge in [0.2, 0.25) is 0 Å². The molecular formula is C19H24N2O3. The maximum absolute atomic E-state index is 11.9. The Kier molecular flexibility index (Phi) is 6.21. The van der Waals surface area contributed by atoms with Gasteiger partial charge in [-0.2, -0.15) is 0 Å². The summed E-state index contributed by atoms with van der Waals surface area (Å²) in [7, 11) is 0. The molecule has 0 aliphatic heterocycles. The van der Waals surface area contributed by atoms with Gasteiger partial charge in [0.15, 0.2) is 0 Å². The molecular weight excluding hydrogens is 304 g/mol. The number of rotatable bonds is 6. The number of anilines is 1. The fourth-order valence-electron chi connectivity index (χ4n) is 2.19. The highest BCUT2D eigenvalue weighted by molar-refractivity contribution is 5.89. The van der Waals surface area contributed by atoms with Crippen LogP contribution < -0.4 is 15.4 Å². The third kappa shape index (κ3) is 5.59. The summed E-state index contributed by atoms with van der Waals surface area (Å²) in [4.78, 5) is 11.9. The maximum Gasteiger partial charge on any atom is 0.319 e. The largest absolute Gasteiger partial charge is 0.491 e. The summed E-state index contributed by atoms with van der Waals surface area (Å²) in [6, 6.07) is 14.4. The Hall–Kier alpha value is -2.53. The zero-order chi connectivity index (χ0) is 17.5. The summed E-state index contributed by atoms with van der Waals surface area (Å²) in [5.41, 5.74) is 2.53. The van der Waals surface area contributed by atoms with Gasteiger partial charge in [0.05, 0.1) is 12.2 Å². The van der Waals surface area contributed by atoms with Crippen LogP contribution in [0.5, 0.6) is 5.75 Å². The van der Waals surface area contributed by atoms with E-state index < -0.39 is 6.10 Å². The minimum Gasteiger partial charge on any atom is -0.491 e. The molecule has 0 radical (unpaired) electrons. The first-order chi connectivity index (χ1) is 11.4. The van der Waals surface area contributed by atoms with E-state index in [2.05, 4.69) is 10.6 Å². The molecule has 0 saturated carbocycles. The lowest BCUT2D eigenvalue weighted by Crippen LogP contribution is -2.32. The van der Waals surface area contributed by atoms with Gasteiger partial charge in [-0.3, -0.25) is 0 Å². The summed E-state index contributed by atoms with van der Waals surface area (Å²) < 4.78 is 5.61. The van der Waals surface area contributed by atoms with Crippen molar-refractivity contribution in [2.75, 3.05) is 11.9 Å². The predicted molar refractivity (Wildman–Crippen MR) is 95.4 cm³/mol. The molecule has 0 heterocycles. The second kappa shape index (κ2) is 8.36. The number of aryl methyl sites for hydroxylation is 1. The highest BCUT2D eigenvalue weighted by Gasteiger charge is 2.11. The maximum atomic E-state index is 11.9. The predicted octanol–water partition coefficient (Wildman–Crippen LogP) is 3.64.